The van der Waals surface area contributed by atoms with Crippen LogP contribution in [0.15, 0.2) is 48.9 Å². The molecule has 0 aliphatic heterocycles. The molecule has 0 radical (unpaired) electrons. The van der Waals surface area contributed by atoms with Gasteiger partial charge in [-0.1, -0.05) is 30.3 Å². The third kappa shape index (κ3) is 3.91. The van der Waals surface area contributed by atoms with Gasteiger partial charge >= 0.3 is 0 Å². The number of nitrogens with zero attached hydrogens (tertiary/aromatic N) is 2. The average molecular weight is 243 g/mol. The van der Waals surface area contributed by atoms with Gasteiger partial charge in [0.05, 0.1) is 11.8 Å². The summed E-state index contributed by atoms with van der Waals surface area (Å²) in [6, 6.07) is 11.6. The molecule has 0 unspecified atom stereocenters. The van der Waals surface area contributed by atoms with Crippen molar-refractivity contribution in [1.82, 2.24) is 15.3 Å². The van der Waals surface area contributed by atoms with Gasteiger partial charge in [-0.3, -0.25) is 0 Å². The first-order valence-electron chi connectivity index (χ1n) is 6.05. The Bertz CT molecular complexity index is 447. The molecule has 0 fully saturated rings. The number of aliphatic hydroxyl groups excluding tert-OH is 1. The fourth-order valence-electron chi connectivity index (χ4n) is 1.72. The van der Waals surface area contributed by atoms with Gasteiger partial charge in [0.1, 0.15) is 6.33 Å². The van der Waals surface area contributed by atoms with E-state index in [0.29, 0.717) is 13.0 Å². The van der Waals surface area contributed by atoms with Crippen LogP contribution in [0.5, 0.6) is 0 Å². The van der Waals surface area contributed by atoms with E-state index >= 15 is 0 Å². The summed E-state index contributed by atoms with van der Waals surface area (Å²) in [6.45, 7) is 1.45. The molecule has 1 aromatic heterocycles. The molecule has 0 aliphatic rings. The lowest BCUT2D eigenvalue weighted by Gasteiger charge is -2.11. The van der Waals surface area contributed by atoms with Crippen molar-refractivity contribution < 1.29 is 5.11 Å². The second kappa shape index (κ2) is 6.83. The van der Waals surface area contributed by atoms with Crippen LogP contribution in [-0.2, 0) is 6.54 Å². The monoisotopic (exact) mass is 243 g/mol. The summed E-state index contributed by atoms with van der Waals surface area (Å²) >= 11 is 0. The fraction of sp³-hybridized carbons (Fsp3) is 0.286. The zero-order valence-corrected chi connectivity index (χ0v) is 10.2. The minimum absolute atomic E-state index is 0.413. The molecule has 0 saturated heterocycles. The second-order valence-corrected chi connectivity index (χ2v) is 4.09. The van der Waals surface area contributed by atoms with Crippen molar-refractivity contribution in [3.05, 3.63) is 60.2 Å². The molecule has 18 heavy (non-hydrogen) atoms. The Balaban J connectivity index is 1.70. The maximum atomic E-state index is 9.95. The summed E-state index contributed by atoms with van der Waals surface area (Å²) in [5, 5.41) is 13.2. The first-order valence-corrected chi connectivity index (χ1v) is 6.05. The normalized spacial score (nSPS) is 12.3. The van der Waals surface area contributed by atoms with Gasteiger partial charge in [0.2, 0.25) is 0 Å². The Morgan fingerprint density at radius 2 is 2.00 bits per heavy atom. The van der Waals surface area contributed by atoms with Crippen LogP contribution in [0.2, 0.25) is 0 Å². The van der Waals surface area contributed by atoms with Crippen LogP contribution in [-0.4, -0.2) is 21.6 Å². The molecule has 94 valence electrons. The highest BCUT2D eigenvalue weighted by molar-refractivity contribution is 5.17. The van der Waals surface area contributed by atoms with Crippen molar-refractivity contribution >= 4 is 0 Å². The number of aromatic nitrogens is 2. The number of nitrogens with one attached hydrogen (secondary N) is 1. The van der Waals surface area contributed by atoms with Crippen molar-refractivity contribution in [2.45, 2.75) is 19.1 Å². The Morgan fingerprint density at radius 1 is 1.17 bits per heavy atom. The number of benzene rings is 1. The average Bonchev–Trinajstić information content (AvgIpc) is 2.45. The van der Waals surface area contributed by atoms with E-state index in [9.17, 15) is 5.11 Å². The van der Waals surface area contributed by atoms with E-state index in [2.05, 4.69) is 15.3 Å². The summed E-state index contributed by atoms with van der Waals surface area (Å²) in [4.78, 5) is 7.98. The van der Waals surface area contributed by atoms with Gasteiger partial charge in [-0.05, 0) is 24.6 Å². The first-order chi connectivity index (χ1) is 8.86. The molecule has 0 saturated carbocycles. The van der Waals surface area contributed by atoms with Crippen LogP contribution in [0.3, 0.4) is 0 Å². The number of rotatable bonds is 6. The summed E-state index contributed by atoms with van der Waals surface area (Å²) in [5.41, 5.74) is 1.92. The lowest BCUT2D eigenvalue weighted by Crippen LogP contribution is -2.17. The van der Waals surface area contributed by atoms with Crippen LogP contribution in [0, 0.1) is 0 Å². The van der Waals surface area contributed by atoms with Crippen LogP contribution in [0.4, 0.5) is 0 Å². The van der Waals surface area contributed by atoms with Crippen molar-refractivity contribution in [1.29, 1.82) is 0 Å². The number of hydrogen-bond acceptors (Lipinski definition) is 4. The topological polar surface area (TPSA) is 58.0 Å². The van der Waals surface area contributed by atoms with Crippen molar-refractivity contribution in [2.75, 3.05) is 6.54 Å². The standard InChI is InChI=1S/C14H17N3O/c18-14(12-4-2-1-3-5-12)7-9-15-10-13-6-8-16-11-17-13/h1-6,8,11,14-15,18H,7,9-10H2/t14-/m1/s1. The molecule has 2 N–H and O–H groups in total. The predicted octanol–water partition coefficient (Wildman–Crippen LogP) is 1.69. The molecule has 2 rings (SSSR count). The summed E-state index contributed by atoms with van der Waals surface area (Å²) in [6.07, 6.45) is 3.54. The number of aliphatic hydroxyl groups is 1. The van der Waals surface area contributed by atoms with Gasteiger partial charge < -0.3 is 10.4 Å². The molecule has 0 aliphatic carbocycles. The molecule has 0 spiro atoms. The zero-order chi connectivity index (χ0) is 12.6. The maximum Gasteiger partial charge on any atom is 0.115 e. The van der Waals surface area contributed by atoms with Gasteiger partial charge in [-0.2, -0.15) is 0 Å². The van der Waals surface area contributed by atoms with Crippen LogP contribution < -0.4 is 5.32 Å². The van der Waals surface area contributed by atoms with E-state index in [-0.39, 0.29) is 0 Å². The molecule has 0 amide bonds. The molecule has 0 bridgehead atoms. The minimum Gasteiger partial charge on any atom is -0.388 e. The van der Waals surface area contributed by atoms with Gasteiger partial charge in [-0.15, -0.1) is 0 Å². The Labute approximate surface area is 107 Å². The summed E-state index contributed by atoms with van der Waals surface area (Å²) in [7, 11) is 0. The molecule has 4 heteroatoms. The number of hydrogen-bond donors (Lipinski definition) is 2. The second-order valence-electron chi connectivity index (χ2n) is 4.09. The quantitative estimate of drug-likeness (QED) is 0.758. The SMILES string of the molecule is O[C@H](CCNCc1ccncn1)c1ccccc1. The maximum absolute atomic E-state index is 9.95. The first kappa shape index (κ1) is 12.7. The van der Waals surface area contributed by atoms with E-state index in [4.69, 9.17) is 0 Å². The zero-order valence-electron chi connectivity index (χ0n) is 10.2. The molecular weight excluding hydrogens is 226 g/mol. The largest absolute Gasteiger partial charge is 0.388 e. The Kier molecular flexibility index (Phi) is 4.81. The smallest absolute Gasteiger partial charge is 0.115 e. The molecule has 1 aromatic carbocycles. The van der Waals surface area contributed by atoms with E-state index in [1.807, 2.05) is 36.4 Å². The molecule has 1 atom stereocenters. The Hall–Kier alpha value is -1.78. The fourth-order valence-corrected chi connectivity index (χ4v) is 1.72. The van der Waals surface area contributed by atoms with Crippen molar-refractivity contribution in [3.63, 3.8) is 0 Å². The molecule has 2 aromatic rings. The highest BCUT2D eigenvalue weighted by atomic mass is 16.3. The van der Waals surface area contributed by atoms with Crippen molar-refractivity contribution in [3.8, 4) is 0 Å². The lowest BCUT2D eigenvalue weighted by atomic mass is 10.1. The van der Waals surface area contributed by atoms with E-state index in [0.717, 1.165) is 17.8 Å². The van der Waals surface area contributed by atoms with Crippen LogP contribution in [0.25, 0.3) is 0 Å². The molecule has 4 nitrogen and oxygen atoms in total. The van der Waals surface area contributed by atoms with Gasteiger partial charge in [-0.25, -0.2) is 9.97 Å². The van der Waals surface area contributed by atoms with E-state index < -0.39 is 6.10 Å². The highest BCUT2D eigenvalue weighted by Gasteiger charge is 2.05. The highest BCUT2D eigenvalue weighted by Crippen LogP contribution is 2.14. The van der Waals surface area contributed by atoms with E-state index in [1.165, 1.54) is 6.33 Å². The third-order valence-corrected chi connectivity index (χ3v) is 2.73. The third-order valence-electron chi connectivity index (χ3n) is 2.73. The molecule has 1 heterocycles. The van der Waals surface area contributed by atoms with E-state index in [1.54, 1.807) is 6.20 Å². The summed E-state index contributed by atoms with van der Waals surface area (Å²) in [5.74, 6) is 0. The Morgan fingerprint density at radius 3 is 2.72 bits per heavy atom. The minimum atomic E-state index is -0.413. The molecular formula is C14H17N3O. The van der Waals surface area contributed by atoms with Crippen LogP contribution >= 0.6 is 0 Å². The van der Waals surface area contributed by atoms with Gasteiger partial charge in [0.15, 0.2) is 0 Å². The van der Waals surface area contributed by atoms with Gasteiger partial charge in [0, 0.05) is 12.7 Å². The van der Waals surface area contributed by atoms with Crippen molar-refractivity contribution in [2.24, 2.45) is 0 Å². The summed E-state index contributed by atoms with van der Waals surface area (Å²) < 4.78 is 0. The predicted molar refractivity (Wildman–Crippen MR) is 69.8 cm³/mol. The van der Waals surface area contributed by atoms with Gasteiger partial charge in [0.25, 0.3) is 0 Å². The van der Waals surface area contributed by atoms with Crippen LogP contribution in [0.1, 0.15) is 23.8 Å². The lowest BCUT2D eigenvalue weighted by molar-refractivity contribution is 0.166.